The second-order valence-electron chi connectivity index (χ2n) is 3.59. The molecule has 6 nitrogen and oxygen atoms in total. The Morgan fingerprint density at radius 2 is 2.06 bits per heavy atom. The Kier molecular flexibility index (Phi) is 3.78. The van der Waals surface area contributed by atoms with Crippen LogP contribution in [0.4, 0.5) is 11.4 Å². The molecule has 1 rings (SSSR count). The number of amides is 1. The summed E-state index contributed by atoms with van der Waals surface area (Å²) in [6.45, 7) is 3.54. The number of carbonyl (C=O) groups is 1. The van der Waals surface area contributed by atoms with Gasteiger partial charge in [-0.25, -0.2) is 0 Å². The number of carbonyl (C=O) groups excluding carboxylic acids is 1. The van der Waals surface area contributed by atoms with Crippen molar-refractivity contribution in [3.8, 4) is 6.07 Å². The smallest absolute Gasteiger partial charge is 0.293 e. The van der Waals surface area contributed by atoms with E-state index in [2.05, 4.69) is 5.32 Å². The summed E-state index contributed by atoms with van der Waals surface area (Å²) in [6.07, 6.45) is -0.329. The first kappa shape index (κ1) is 12.6. The van der Waals surface area contributed by atoms with Gasteiger partial charge in [0.25, 0.3) is 5.69 Å². The molecule has 0 aliphatic carbocycles. The van der Waals surface area contributed by atoms with Crippen molar-refractivity contribution in [1.29, 1.82) is 5.26 Å². The quantitative estimate of drug-likeness (QED) is 0.638. The molecular formula is C11H11N3O3. The zero-order valence-electron chi connectivity index (χ0n) is 9.48. The topological polar surface area (TPSA) is 96.0 Å². The summed E-state index contributed by atoms with van der Waals surface area (Å²) in [7, 11) is 0. The van der Waals surface area contributed by atoms with Crippen LogP contribution in [-0.2, 0) is 4.79 Å². The first-order chi connectivity index (χ1) is 7.95. The largest absolute Gasteiger partial charge is 0.319 e. The van der Waals surface area contributed by atoms with E-state index in [1.54, 1.807) is 19.9 Å². The fourth-order valence-electron chi connectivity index (χ4n) is 1.32. The third kappa shape index (κ3) is 3.01. The molecule has 0 bridgehead atoms. The van der Waals surface area contributed by atoms with E-state index in [1.807, 2.05) is 0 Å². The maximum atomic E-state index is 11.2. The molecule has 0 radical (unpaired) electrons. The van der Waals surface area contributed by atoms with Gasteiger partial charge in [0, 0.05) is 6.07 Å². The summed E-state index contributed by atoms with van der Waals surface area (Å²) in [5, 5.41) is 21.5. The van der Waals surface area contributed by atoms with Crippen LogP contribution >= 0.6 is 0 Å². The third-order valence-electron chi connectivity index (χ3n) is 2.32. The molecule has 0 saturated heterocycles. The van der Waals surface area contributed by atoms with Gasteiger partial charge in [-0.05, 0) is 31.0 Å². The zero-order chi connectivity index (χ0) is 13.0. The van der Waals surface area contributed by atoms with E-state index in [0.29, 0.717) is 0 Å². The molecule has 1 aromatic rings. The molecular weight excluding hydrogens is 222 g/mol. The molecule has 0 saturated carbocycles. The van der Waals surface area contributed by atoms with Crippen molar-refractivity contribution in [2.24, 2.45) is 0 Å². The molecule has 1 amide bonds. The Hall–Kier alpha value is -2.42. The lowest BCUT2D eigenvalue weighted by Crippen LogP contribution is -2.12. The van der Waals surface area contributed by atoms with Gasteiger partial charge in [0.15, 0.2) is 0 Å². The highest BCUT2D eigenvalue weighted by Gasteiger charge is 2.17. The molecule has 0 aliphatic rings. The Balaban J connectivity index is 3.14. The fourth-order valence-corrected chi connectivity index (χ4v) is 1.32. The molecule has 17 heavy (non-hydrogen) atoms. The summed E-state index contributed by atoms with van der Waals surface area (Å²) in [4.78, 5) is 21.5. The third-order valence-corrected chi connectivity index (χ3v) is 2.32. The first-order valence-electron chi connectivity index (χ1n) is 4.88. The Labute approximate surface area is 98.0 Å². The predicted molar refractivity (Wildman–Crippen MR) is 61.4 cm³/mol. The van der Waals surface area contributed by atoms with Crippen LogP contribution in [0.25, 0.3) is 0 Å². The molecule has 0 atom stereocenters. The van der Waals surface area contributed by atoms with E-state index in [0.717, 1.165) is 11.1 Å². The van der Waals surface area contributed by atoms with Crippen LogP contribution in [0, 0.1) is 35.3 Å². The Morgan fingerprint density at radius 3 is 2.59 bits per heavy atom. The molecule has 0 unspecified atom stereocenters. The van der Waals surface area contributed by atoms with Crippen molar-refractivity contribution in [1.82, 2.24) is 0 Å². The number of nitrogens with zero attached hydrogens (tertiary/aromatic N) is 2. The minimum absolute atomic E-state index is 0.123. The van der Waals surface area contributed by atoms with Gasteiger partial charge in [0.05, 0.1) is 11.0 Å². The lowest BCUT2D eigenvalue weighted by molar-refractivity contribution is -0.384. The number of nitrogens with one attached hydrogen (secondary N) is 1. The normalized spacial score (nSPS) is 9.47. The molecule has 0 heterocycles. The van der Waals surface area contributed by atoms with E-state index in [-0.39, 0.29) is 17.8 Å². The zero-order valence-corrected chi connectivity index (χ0v) is 9.48. The number of nitro benzene ring substituents is 1. The Morgan fingerprint density at radius 1 is 1.47 bits per heavy atom. The van der Waals surface area contributed by atoms with Crippen LogP contribution in [0.2, 0.25) is 0 Å². The van der Waals surface area contributed by atoms with Crippen LogP contribution < -0.4 is 5.32 Å². The van der Waals surface area contributed by atoms with Gasteiger partial charge in [-0.15, -0.1) is 0 Å². The monoisotopic (exact) mass is 233 g/mol. The second-order valence-corrected chi connectivity index (χ2v) is 3.59. The van der Waals surface area contributed by atoms with Gasteiger partial charge in [0.1, 0.15) is 12.1 Å². The molecule has 1 N–H and O–H groups in total. The highest BCUT2D eigenvalue weighted by Crippen LogP contribution is 2.27. The number of rotatable bonds is 3. The number of hydrogen-bond acceptors (Lipinski definition) is 4. The number of aryl methyl sites for hydroxylation is 2. The average Bonchev–Trinajstić information content (AvgIpc) is 2.23. The minimum atomic E-state index is -0.561. The van der Waals surface area contributed by atoms with Gasteiger partial charge < -0.3 is 5.32 Å². The van der Waals surface area contributed by atoms with E-state index in [1.165, 1.54) is 12.1 Å². The minimum Gasteiger partial charge on any atom is -0.319 e. The lowest BCUT2D eigenvalue weighted by Gasteiger charge is -2.07. The number of nitro groups is 1. The molecule has 0 spiro atoms. The second kappa shape index (κ2) is 5.07. The summed E-state index contributed by atoms with van der Waals surface area (Å²) >= 11 is 0. The number of nitriles is 1. The maximum Gasteiger partial charge on any atom is 0.293 e. The first-order valence-corrected chi connectivity index (χ1v) is 4.88. The molecule has 0 fully saturated rings. The molecule has 6 heteroatoms. The molecule has 1 aromatic carbocycles. The number of anilines is 1. The van der Waals surface area contributed by atoms with Crippen LogP contribution in [-0.4, -0.2) is 10.8 Å². The highest BCUT2D eigenvalue weighted by molar-refractivity contribution is 5.94. The van der Waals surface area contributed by atoms with Crippen molar-refractivity contribution >= 4 is 17.3 Å². The van der Waals surface area contributed by atoms with Crippen LogP contribution in [0.3, 0.4) is 0 Å². The van der Waals surface area contributed by atoms with Gasteiger partial charge in [-0.2, -0.15) is 5.26 Å². The summed E-state index contributed by atoms with van der Waals surface area (Å²) in [5.74, 6) is -0.557. The van der Waals surface area contributed by atoms with Gasteiger partial charge >= 0.3 is 0 Å². The summed E-state index contributed by atoms with van der Waals surface area (Å²) < 4.78 is 0. The van der Waals surface area contributed by atoms with Crippen LogP contribution in [0.1, 0.15) is 17.5 Å². The Bertz CT molecular complexity index is 517. The molecule has 0 aliphatic heterocycles. The van der Waals surface area contributed by atoms with Crippen molar-refractivity contribution in [3.63, 3.8) is 0 Å². The fraction of sp³-hybridized carbons (Fsp3) is 0.273. The van der Waals surface area contributed by atoms with Gasteiger partial charge in [-0.3, -0.25) is 14.9 Å². The summed E-state index contributed by atoms with van der Waals surface area (Å²) in [5.41, 5.74) is 1.57. The van der Waals surface area contributed by atoms with Gasteiger partial charge in [-0.1, -0.05) is 0 Å². The number of hydrogen-bond donors (Lipinski definition) is 1. The summed E-state index contributed by atoms with van der Waals surface area (Å²) in [6, 6.07) is 4.61. The average molecular weight is 233 g/mol. The van der Waals surface area contributed by atoms with E-state index < -0.39 is 10.8 Å². The van der Waals surface area contributed by atoms with E-state index >= 15 is 0 Å². The highest BCUT2D eigenvalue weighted by atomic mass is 16.6. The van der Waals surface area contributed by atoms with Crippen molar-refractivity contribution < 1.29 is 9.72 Å². The molecule has 0 aromatic heterocycles. The van der Waals surface area contributed by atoms with Crippen molar-refractivity contribution in [3.05, 3.63) is 33.4 Å². The predicted octanol–water partition coefficient (Wildman–Crippen LogP) is 2.06. The number of benzene rings is 1. The lowest BCUT2D eigenvalue weighted by atomic mass is 10.1. The van der Waals surface area contributed by atoms with Crippen molar-refractivity contribution in [2.45, 2.75) is 20.3 Å². The van der Waals surface area contributed by atoms with Crippen LogP contribution in [0.5, 0.6) is 0 Å². The van der Waals surface area contributed by atoms with Crippen molar-refractivity contribution in [2.75, 3.05) is 5.32 Å². The molecule has 88 valence electrons. The van der Waals surface area contributed by atoms with E-state index in [9.17, 15) is 14.9 Å². The van der Waals surface area contributed by atoms with Gasteiger partial charge in [0.2, 0.25) is 5.91 Å². The van der Waals surface area contributed by atoms with Crippen LogP contribution in [0.15, 0.2) is 12.1 Å². The SMILES string of the molecule is Cc1cc(NC(=O)CC#N)c([N+](=O)[O-])cc1C. The van der Waals surface area contributed by atoms with E-state index in [4.69, 9.17) is 5.26 Å². The standard InChI is InChI=1S/C11H11N3O3/c1-7-5-9(13-11(15)3-4-12)10(14(16)17)6-8(7)2/h5-6H,3H2,1-2H3,(H,13,15). The maximum absolute atomic E-state index is 11.2.